The maximum Gasteiger partial charge on any atom is 0.304 e. The summed E-state index contributed by atoms with van der Waals surface area (Å²) in [5.74, 6) is 0.268. The van der Waals surface area contributed by atoms with Crippen molar-refractivity contribution in [3.05, 3.63) is 29.8 Å². The second kappa shape index (κ2) is 6.77. The largest absolute Gasteiger partial charge is 0.330 e. The van der Waals surface area contributed by atoms with Gasteiger partial charge in [0.25, 0.3) is 0 Å². The third-order valence-electron chi connectivity index (χ3n) is 4.00. The van der Waals surface area contributed by atoms with Crippen LogP contribution < -0.4 is 10.0 Å². The van der Waals surface area contributed by atoms with Gasteiger partial charge in [0.15, 0.2) is 0 Å². The van der Waals surface area contributed by atoms with Gasteiger partial charge in [0.1, 0.15) is 0 Å². The van der Waals surface area contributed by atoms with Gasteiger partial charge in [0.2, 0.25) is 0 Å². The van der Waals surface area contributed by atoms with Crippen molar-refractivity contribution < 1.29 is 8.42 Å². The Morgan fingerprint density at radius 1 is 1.43 bits per heavy atom. The number of nitrogens with zero attached hydrogens (tertiary/aromatic N) is 2. The number of benzene rings is 1. The minimum Gasteiger partial charge on any atom is -0.330 e. The predicted molar refractivity (Wildman–Crippen MR) is 86.5 cm³/mol. The summed E-state index contributed by atoms with van der Waals surface area (Å²) in [6.45, 7) is 5.92. The average Bonchev–Trinajstić information content (AvgIpc) is 2.48. The molecule has 5 nitrogen and oxygen atoms in total. The molecule has 1 saturated heterocycles. The molecule has 0 spiro atoms. The molecular formula is C15H25N3O2S. The van der Waals surface area contributed by atoms with Crippen LogP contribution in [-0.4, -0.2) is 38.9 Å². The Balaban J connectivity index is 2.27. The molecule has 1 atom stereocenters. The van der Waals surface area contributed by atoms with Crippen LogP contribution in [0, 0.1) is 12.8 Å². The molecule has 0 saturated carbocycles. The lowest BCUT2D eigenvalue weighted by Crippen LogP contribution is -2.49. The van der Waals surface area contributed by atoms with Crippen LogP contribution in [0.4, 0.5) is 5.69 Å². The van der Waals surface area contributed by atoms with Gasteiger partial charge in [-0.1, -0.05) is 12.1 Å². The van der Waals surface area contributed by atoms with Crippen LogP contribution >= 0.6 is 0 Å². The van der Waals surface area contributed by atoms with E-state index in [9.17, 15) is 8.42 Å². The number of rotatable bonds is 5. The lowest BCUT2D eigenvalue weighted by atomic mass is 10.0. The van der Waals surface area contributed by atoms with Crippen LogP contribution in [0.3, 0.4) is 0 Å². The molecule has 21 heavy (non-hydrogen) atoms. The minimum atomic E-state index is -3.48. The highest BCUT2D eigenvalue weighted by atomic mass is 32.2. The lowest BCUT2D eigenvalue weighted by molar-refractivity contribution is 0.271. The molecule has 1 heterocycles. The van der Waals surface area contributed by atoms with E-state index in [-0.39, 0.29) is 5.92 Å². The maximum absolute atomic E-state index is 12.9. The number of piperidine rings is 1. The molecule has 1 fully saturated rings. The second-order valence-electron chi connectivity index (χ2n) is 5.61. The Hall–Kier alpha value is -1.11. The molecule has 2 N–H and O–H groups in total. The summed E-state index contributed by atoms with van der Waals surface area (Å²) < 4.78 is 28.9. The first kappa shape index (κ1) is 16.3. The van der Waals surface area contributed by atoms with Crippen LogP contribution in [0.15, 0.2) is 24.3 Å². The fraction of sp³-hybridized carbons (Fsp3) is 0.600. The van der Waals surface area contributed by atoms with Gasteiger partial charge in [-0.2, -0.15) is 12.7 Å². The van der Waals surface area contributed by atoms with Crippen molar-refractivity contribution in [3.63, 3.8) is 0 Å². The molecule has 118 valence electrons. The first-order chi connectivity index (χ1) is 9.98. The molecule has 1 aliphatic heterocycles. The Kier molecular flexibility index (Phi) is 5.24. The van der Waals surface area contributed by atoms with Crippen molar-refractivity contribution >= 4 is 15.9 Å². The zero-order valence-electron chi connectivity index (χ0n) is 12.8. The van der Waals surface area contributed by atoms with Gasteiger partial charge in [-0.05, 0) is 56.8 Å². The molecule has 0 radical (unpaired) electrons. The van der Waals surface area contributed by atoms with E-state index in [1.54, 1.807) is 4.31 Å². The van der Waals surface area contributed by atoms with Gasteiger partial charge in [0.05, 0.1) is 5.69 Å². The molecular weight excluding hydrogens is 286 g/mol. The van der Waals surface area contributed by atoms with Crippen LogP contribution in [0.2, 0.25) is 0 Å². The molecule has 0 bridgehead atoms. The Morgan fingerprint density at radius 3 is 2.81 bits per heavy atom. The topological polar surface area (TPSA) is 66.6 Å². The summed E-state index contributed by atoms with van der Waals surface area (Å²) in [5, 5.41) is 0. The van der Waals surface area contributed by atoms with Gasteiger partial charge in [-0.25, -0.2) is 0 Å². The zero-order valence-corrected chi connectivity index (χ0v) is 13.6. The molecule has 0 aromatic heterocycles. The van der Waals surface area contributed by atoms with Gasteiger partial charge in [0, 0.05) is 19.6 Å². The monoisotopic (exact) mass is 311 g/mol. The van der Waals surface area contributed by atoms with E-state index in [1.165, 1.54) is 4.31 Å². The van der Waals surface area contributed by atoms with E-state index >= 15 is 0 Å². The van der Waals surface area contributed by atoms with E-state index in [0.717, 1.165) is 24.1 Å². The van der Waals surface area contributed by atoms with Crippen LogP contribution in [0.25, 0.3) is 0 Å². The Bertz CT molecular complexity index is 574. The van der Waals surface area contributed by atoms with Gasteiger partial charge in [-0.15, -0.1) is 0 Å². The van der Waals surface area contributed by atoms with Crippen LogP contribution in [0.5, 0.6) is 0 Å². The van der Waals surface area contributed by atoms with Crippen LogP contribution in [-0.2, 0) is 10.2 Å². The van der Waals surface area contributed by atoms with Gasteiger partial charge >= 0.3 is 10.2 Å². The normalized spacial score (nSPS) is 20.4. The van der Waals surface area contributed by atoms with Crippen LogP contribution in [0.1, 0.15) is 25.3 Å². The SMILES string of the molecule is CCN(c1cccc(C)c1)S(=O)(=O)N1CCCC(CN)C1. The molecule has 2 rings (SSSR count). The average molecular weight is 311 g/mol. The summed E-state index contributed by atoms with van der Waals surface area (Å²) in [4.78, 5) is 0. The first-order valence-electron chi connectivity index (χ1n) is 7.53. The molecule has 1 aliphatic rings. The van der Waals surface area contributed by atoms with Gasteiger partial charge < -0.3 is 5.73 Å². The highest BCUT2D eigenvalue weighted by Gasteiger charge is 2.32. The van der Waals surface area contributed by atoms with E-state index in [1.807, 2.05) is 38.1 Å². The van der Waals surface area contributed by atoms with E-state index in [2.05, 4.69) is 0 Å². The molecule has 0 amide bonds. The molecule has 1 aromatic carbocycles. The zero-order chi connectivity index (χ0) is 15.5. The molecule has 6 heteroatoms. The van der Waals surface area contributed by atoms with E-state index in [4.69, 9.17) is 5.73 Å². The number of aryl methyl sites for hydroxylation is 1. The third-order valence-corrected chi connectivity index (χ3v) is 6.01. The fourth-order valence-corrected chi connectivity index (χ4v) is 4.57. The lowest BCUT2D eigenvalue weighted by Gasteiger charge is -2.35. The van der Waals surface area contributed by atoms with Crippen molar-refractivity contribution in [1.29, 1.82) is 0 Å². The first-order valence-corrected chi connectivity index (χ1v) is 8.93. The number of hydrogen-bond acceptors (Lipinski definition) is 3. The summed E-state index contributed by atoms with van der Waals surface area (Å²) in [5.41, 5.74) is 7.50. The van der Waals surface area contributed by atoms with Crippen molar-refractivity contribution in [2.24, 2.45) is 11.7 Å². The minimum absolute atomic E-state index is 0.268. The molecule has 0 aliphatic carbocycles. The fourth-order valence-electron chi connectivity index (χ4n) is 2.83. The molecule has 1 unspecified atom stereocenters. The Labute approximate surface area is 127 Å². The number of nitrogens with two attached hydrogens (primary N) is 1. The third kappa shape index (κ3) is 3.56. The highest BCUT2D eigenvalue weighted by molar-refractivity contribution is 7.90. The Morgan fingerprint density at radius 2 is 2.19 bits per heavy atom. The van der Waals surface area contributed by atoms with E-state index < -0.39 is 10.2 Å². The maximum atomic E-state index is 12.9. The highest BCUT2D eigenvalue weighted by Crippen LogP contribution is 2.25. The van der Waals surface area contributed by atoms with Gasteiger partial charge in [-0.3, -0.25) is 4.31 Å². The number of anilines is 1. The van der Waals surface area contributed by atoms with Crippen molar-refractivity contribution in [2.45, 2.75) is 26.7 Å². The summed E-state index contributed by atoms with van der Waals surface area (Å²) in [6.07, 6.45) is 1.89. The van der Waals surface area contributed by atoms with Crippen molar-refractivity contribution in [1.82, 2.24) is 4.31 Å². The van der Waals surface area contributed by atoms with Crippen molar-refractivity contribution in [2.75, 3.05) is 30.5 Å². The standard InChI is InChI=1S/C15H25N3O2S/c1-3-18(15-8-4-6-13(2)10-15)21(19,20)17-9-5-7-14(11-16)12-17/h4,6,8,10,14H,3,5,7,9,11-12,16H2,1-2H3. The number of hydrogen-bond donors (Lipinski definition) is 1. The quantitative estimate of drug-likeness (QED) is 0.900. The summed E-state index contributed by atoms with van der Waals surface area (Å²) >= 11 is 0. The summed E-state index contributed by atoms with van der Waals surface area (Å²) in [7, 11) is -3.48. The predicted octanol–water partition coefficient (Wildman–Crippen LogP) is 1.74. The molecule has 1 aromatic rings. The second-order valence-corrected chi connectivity index (χ2v) is 7.47. The summed E-state index contributed by atoms with van der Waals surface area (Å²) in [6, 6.07) is 7.61. The smallest absolute Gasteiger partial charge is 0.304 e. The van der Waals surface area contributed by atoms with E-state index in [0.29, 0.717) is 26.2 Å². The van der Waals surface area contributed by atoms with Crippen molar-refractivity contribution in [3.8, 4) is 0 Å².